The zero-order valence-electron chi connectivity index (χ0n) is 9.84. The van der Waals surface area contributed by atoms with Crippen LogP contribution >= 0.6 is 0 Å². The molecule has 0 aliphatic heterocycles. The first-order chi connectivity index (χ1) is 8.31. The molecule has 0 saturated carbocycles. The zero-order chi connectivity index (χ0) is 12.1. The van der Waals surface area contributed by atoms with Crippen molar-refractivity contribution in [2.24, 2.45) is 0 Å². The van der Waals surface area contributed by atoms with E-state index in [-0.39, 0.29) is 0 Å². The Morgan fingerprint density at radius 3 is 2.76 bits per heavy atom. The van der Waals surface area contributed by atoms with Gasteiger partial charge in [0.05, 0.1) is 12.8 Å². The fraction of sp³-hybridized carbons (Fsp3) is 0.250. The normalized spacial score (nSPS) is 10.0. The summed E-state index contributed by atoms with van der Waals surface area (Å²) in [5, 5.41) is 3.21. The SMILES string of the molecule is COc1ncccc1CNc1nccnc1C. The van der Waals surface area contributed by atoms with Gasteiger partial charge >= 0.3 is 0 Å². The molecular weight excluding hydrogens is 216 g/mol. The molecule has 0 radical (unpaired) electrons. The summed E-state index contributed by atoms with van der Waals surface area (Å²) in [5.74, 6) is 1.40. The van der Waals surface area contributed by atoms with Gasteiger partial charge in [0, 0.05) is 30.7 Å². The molecular formula is C12H14N4O. The lowest BCUT2D eigenvalue weighted by atomic mass is 10.2. The molecule has 0 atom stereocenters. The van der Waals surface area contributed by atoms with Gasteiger partial charge in [0.15, 0.2) is 0 Å². The number of methoxy groups -OCH3 is 1. The van der Waals surface area contributed by atoms with E-state index in [1.165, 1.54) is 0 Å². The lowest BCUT2D eigenvalue weighted by Crippen LogP contribution is -2.05. The third-order valence-corrected chi connectivity index (χ3v) is 2.37. The molecule has 0 aromatic carbocycles. The molecule has 0 amide bonds. The van der Waals surface area contributed by atoms with Gasteiger partial charge in [-0.25, -0.2) is 9.97 Å². The number of nitrogens with zero attached hydrogens (tertiary/aromatic N) is 3. The number of aryl methyl sites for hydroxylation is 1. The van der Waals surface area contributed by atoms with Crippen molar-refractivity contribution < 1.29 is 4.74 Å². The summed E-state index contributed by atoms with van der Waals surface area (Å²) < 4.78 is 5.18. The number of rotatable bonds is 4. The first kappa shape index (κ1) is 11.3. The summed E-state index contributed by atoms with van der Waals surface area (Å²) in [5.41, 5.74) is 1.86. The molecule has 2 aromatic rings. The predicted octanol–water partition coefficient (Wildman–Crippen LogP) is 1.80. The molecule has 5 nitrogen and oxygen atoms in total. The van der Waals surface area contributed by atoms with Crippen LogP contribution in [0.5, 0.6) is 5.88 Å². The van der Waals surface area contributed by atoms with Crippen LogP contribution in [0, 0.1) is 6.92 Å². The molecule has 2 aromatic heterocycles. The van der Waals surface area contributed by atoms with Gasteiger partial charge in [-0.15, -0.1) is 0 Å². The standard InChI is InChI=1S/C12H14N4O/c1-9-11(14-7-6-13-9)16-8-10-4-3-5-15-12(10)17-2/h3-7H,8H2,1-2H3,(H,14,16). The van der Waals surface area contributed by atoms with Crippen LogP contribution in [0.2, 0.25) is 0 Å². The Hall–Kier alpha value is -2.17. The van der Waals surface area contributed by atoms with Gasteiger partial charge in [0.1, 0.15) is 5.82 Å². The van der Waals surface area contributed by atoms with Crippen LogP contribution in [-0.2, 0) is 6.54 Å². The molecule has 5 heteroatoms. The number of hydrogen-bond acceptors (Lipinski definition) is 5. The number of pyridine rings is 1. The van der Waals surface area contributed by atoms with E-state index >= 15 is 0 Å². The lowest BCUT2D eigenvalue weighted by Gasteiger charge is -2.09. The molecule has 2 rings (SSSR count). The average molecular weight is 230 g/mol. The molecule has 0 bridgehead atoms. The van der Waals surface area contributed by atoms with E-state index in [1.54, 1.807) is 25.7 Å². The van der Waals surface area contributed by atoms with Crippen molar-refractivity contribution in [3.63, 3.8) is 0 Å². The highest BCUT2D eigenvalue weighted by molar-refractivity contribution is 5.40. The minimum atomic E-state index is 0.608. The van der Waals surface area contributed by atoms with Gasteiger partial charge < -0.3 is 10.1 Å². The monoisotopic (exact) mass is 230 g/mol. The Kier molecular flexibility index (Phi) is 3.49. The van der Waals surface area contributed by atoms with Gasteiger partial charge in [-0.1, -0.05) is 6.07 Å². The summed E-state index contributed by atoms with van der Waals surface area (Å²) in [4.78, 5) is 12.5. The quantitative estimate of drug-likeness (QED) is 0.867. The van der Waals surface area contributed by atoms with Crippen molar-refractivity contribution in [2.75, 3.05) is 12.4 Å². The summed E-state index contributed by atoms with van der Waals surface area (Å²) in [7, 11) is 1.61. The van der Waals surface area contributed by atoms with E-state index < -0.39 is 0 Å². The molecule has 2 heterocycles. The van der Waals surface area contributed by atoms with E-state index in [9.17, 15) is 0 Å². The first-order valence-electron chi connectivity index (χ1n) is 5.30. The molecule has 0 aliphatic rings. The molecule has 0 fully saturated rings. The van der Waals surface area contributed by atoms with Crippen LogP contribution in [0.4, 0.5) is 5.82 Å². The Labute approximate surface area is 99.9 Å². The summed E-state index contributed by atoms with van der Waals surface area (Å²) in [6, 6.07) is 3.84. The third-order valence-electron chi connectivity index (χ3n) is 2.37. The predicted molar refractivity (Wildman–Crippen MR) is 64.9 cm³/mol. The molecule has 0 unspecified atom stereocenters. The van der Waals surface area contributed by atoms with Crippen LogP contribution in [0.25, 0.3) is 0 Å². The first-order valence-corrected chi connectivity index (χ1v) is 5.30. The zero-order valence-corrected chi connectivity index (χ0v) is 9.84. The maximum absolute atomic E-state index is 5.18. The molecule has 17 heavy (non-hydrogen) atoms. The van der Waals surface area contributed by atoms with E-state index in [4.69, 9.17) is 4.74 Å². The topological polar surface area (TPSA) is 59.9 Å². The van der Waals surface area contributed by atoms with Crippen molar-refractivity contribution >= 4 is 5.82 Å². The number of aromatic nitrogens is 3. The van der Waals surface area contributed by atoms with Crippen molar-refractivity contribution in [3.8, 4) is 5.88 Å². The minimum absolute atomic E-state index is 0.608. The van der Waals surface area contributed by atoms with E-state index in [1.807, 2.05) is 19.1 Å². The largest absolute Gasteiger partial charge is 0.481 e. The number of anilines is 1. The second kappa shape index (κ2) is 5.25. The number of hydrogen-bond donors (Lipinski definition) is 1. The highest BCUT2D eigenvalue weighted by Crippen LogP contribution is 2.15. The second-order valence-electron chi connectivity index (χ2n) is 3.52. The smallest absolute Gasteiger partial charge is 0.218 e. The van der Waals surface area contributed by atoms with Crippen LogP contribution in [0.3, 0.4) is 0 Å². The van der Waals surface area contributed by atoms with Crippen molar-refractivity contribution in [3.05, 3.63) is 42.0 Å². The van der Waals surface area contributed by atoms with E-state index in [2.05, 4.69) is 20.3 Å². The molecule has 0 saturated heterocycles. The average Bonchev–Trinajstić information content (AvgIpc) is 2.38. The molecule has 0 aliphatic carbocycles. The van der Waals surface area contributed by atoms with Gasteiger partial charge in [-0.05, 0) is 13.0 Å². The van der Waals surface area contributed by atoms with Gasteiger partial charge in [0.2, 0.25) is 5.88 Å². The Balaban J connectivity index is 2.10. The Morgan fingerprint density at radius 1 is 1.18 bits per heavy atom. The van der Waals surface area contributed by atoms with Crippen LogP contribution in [0.1, 0.15) is 11.3 Å². The van der Waals surface area contributed by atoms with E-state index in [0.29, 0.717) is 12.4 Å². The fourth-order valence-electron chi connectivity index (χ4n) is 1.50. The number of nitrogens with one attached hydrogen (secondary N) is 1. The summed E-state index contributed by atoms with van der Waals surface area (Å²) in [6.07, 6.45) is 5.04. The van der Waals surface area contributed by atoms with Crippen LogP contribution < -0.4 is 10.1 Å². The highest BCUT2D eigenvalue weighted by atomic mass is 16.5. The third kappa shape index (κ3) is 2.69. The summed E-state index contributed by atoms with van der Waals surface area (Å²) >= 11 is 0. The van der Waals surface area contributed by atoms with Crippen molar-refractivity contribution in [1.29, 1.82) is 0 Å². The van der Waals surface area contributed by atoms with Crippen molar-refractivity contribution in [1.82, 2.24) is 15.0 Å². The van der Waals surface area contributed by atoms with E-state index in [0.717, 1.165) is 17.1 Å². The van der Waals surface area contributed by atoms with Gasteiger partial charge in [0.25, 0.3) is 0 Å². The Bertz CT molecular complexity index is 501. The molecule has 88 valence electrons. The maximum Gasteiger partial charge on any atom is 0.218 e. The van der Waals surface area contributed by atoms with Gasteiger partial charge in [-0.3, -0.25) is 4.98 Å². The Morgan fingerprint density at radius 2 is 2.00 bits per heavy atom. The van der Waals surface area contributed by atoms with Gasteiger partial charge in [-0.2, -0.15) is 0 Å². The highest BCUT2D eigenvalue weighted by Gasteiger charge is 2.04. The van der Waals surface area contributed by atoms with Crippen molar-refractivity contribution in [2.45, 2.75) is 13.5 Å². The molecule has 1 N–H and O–H groups in total. The fourth-order valence-corrected chi connectivity index (χ4v) is 1.50. The second-order valence-corrected chi connectivity index (χ2v) is 3.52. The maximum atomic E-state index is 5.18. The van der Waals surface area contributed by atoms with Crippen LogP contribution in [0.15, 0.2) is 30.7 Å². The molecule has 0 spiro atoms. The number of ether oxygens (including phenoxy) is 1. The summed E-state index contributed by atoms with van der Waals surface area (Å²) in [6.45, 7) is 2.52. The minimum Gasteiger partial charge on any atom is -0.481 e. The lowest BCUT2D eigenvalue weighted by molar-refractivity contribution is 0.393. The van der Waals surface area contributed by atoms with Crippen LogP contribution in [-0.4, -0.2) is 22.1 Å².